The second kappa shape index (κ2) is 5.70. The van der Waals surface area contributed by atoms with Gasteiger partial charge in [0, 0.05) is 27.9 Å². The summed E-state index contributed by atoms with van der Waals surface area (Å²) < 4.78 is 12.2. The molecule has 130 valence electrons. The SMILES string of the molecule is COc1ccc2c3c1O[C@H]1C(=O)CC(I)[C@H]4[C@@H](C2)N(C)CC[C@]314.I. The molecule has 1 unspecified atom stereocenters. The lowest BCUT2D eigenvalue weighted by atomic mass is 9.51. The fourth-order valence-corrected chi connectivity index (χ4v) is 7.23. The summed E-state index contributed by atoms with van der Waals surface area (Å²) in [7, 11) is 3.92. The molecule has 24 heavy (non-hydrogen) atoms. The van der Waals surface area contributed by atoms with E-state index in [4.69, 9.17) is 9.47 Å². The zero-order valence-corrected chi connectivity index (χ0v) is 18.2. The lowest BCUT2D eigenvalue weighted by molar-refractivity contribution is -0.137. The van der Waals surface area contributed by atoms with E-state index in [0.717, 1.165) is 30.9 Å². The van der Waals surface area contributed by atoms with Gasteiger partial charge < -0.3 is 14.4 Å². The number of benzene rings is 1. The largest absolute Gasteiger partial charge is 0.493 e. The summed E-state index contributed by atoms with van der Waals surface area (Å²) in [5, 5.41) is 0. The first-order valence-electron chi connectivity index (χ1n) is 8.32. The molecular formula is C18H21I2NO3. The quantitative estimate of drug-likeness (QED) is 0.397. The molecule has 4 nitrogen and oxygen atoms in total. The number of ether oxygens (including phenoxy) is 2. The van der Waals surface area contributed by atoms with Gasteiger partial charge in [0.05, 0.1) is 12.5 Å². The van der Waals surface area contributed by atoms with E-state index >= 15 is 0 Å². The van der Waals surface area contributed by atoms with E-state index in [2.05, 4.69) is 40.6 Å². The van der Waals surface area contributed by atoms with Crippen LogP contribution < -0.4 is 9.47 Å². The number of hydrogen-bond acceptors (Lipinski definition) is 4. The Kier molecular flexibility index (Phi) is 4.12. The number of rotatable bonds is 1. The van der Waals surface area contributed by atoms with Crippen molar-refractivity contribution in [3.8, 4) is 11.5 Å². The van der Waals surface area contributed by atoms with Gasteiger partial charge in [0.2, 0.25) is 0 Å². The highest BCUT2D eigenvalue weighted by Crippen LogP contribution is 2.63. The molecule has 1 saturated heterocycles. The summed E-state index contributed by atoms with van der Waals surface area (Å²) >= 11 is 2.51. The lowest BCUT2D eigenvalue weighted by Crippen LogP contribution is -2.68. The number of hydrogen-bond donors (Lipinski definition) is 0. The minimum atomic E-state index is -0.305. The summed E-state index contributed by atoms with van der Waals surface area (Å²) in [6.45, 7) is 1.04. The molecule has 5 rings (SSSR count). The second-order valence-electron chi connectivity index (χ2n) is 7.38. The van der Waals surface area contributed by atoms with Gasteiger partial charge in [-0.05, 0) is 38.1 Å². The Morgan fingerprint density at radius 3 is 2.92 bits per heavy atom. The number of alkyl halides is 1. The van der Waals surface area contributed by atoms with Gasteiger partial charge >= 0.3 is 0 Å². The third-order valence-electron chi connectivity index (χ3n) is 6.56. The average molecular weight is 553 g/mol. The average Bonchev–Trinajstić information content (AvgIpc) is 2.88. The Hall–Kier alpha value is -0.0900. The van der Waals surface area contributed by atoms with Crippen LogP contribution >= 0.6 is 46.6 Å². The highest BCUT2D eigenvalue weighted by atomic mass is 127. The number of likely N-dealkylation sites (N-methyl/N-ethyl adjacent to an activating group) is 1. The number of halogens is 2. The molecule has 2 fully saturated rings. The first-order chi connectivity index (χ1) is 11.1. The van der Waals surface area contributed by atoms with E-state index in [1.165, 1.54) is 11.1 Å². The molecule has 0 aromatic heterocycles. The van der Waals surface area contributed by atoms with Crippen LogP contribution in [0.5, 0.6) is 11.5 Å². The number of likely N-dealkylation sites (tertiary alicyclic amines) is 1. The van der Waals surface area contributed by atoms with Gasteiger partial charge in [-0.1, -0.05) is 28.7 Å². The molecule has 2 aliphatic heterocycles. The summed E-state index contributed by atoms with van der Waals surface area (Å²) in [4.78, 5) is 15.3. The molecule has 2 aliphatic carbocycles. The zero-order chi connectivity index (χ0) is 15.9. The van der Waals surface area contributed by atoms with Crippen molar-refractivity contribution >= 4 is 52.4 Å². The number of carbonyl (C=O) groups is 1. The molecule has 2 bridgehead atoms. The molecule has 2 heterocycles. The van der Waals surface area contributed by atoms with Crippen molar-refractivity contribution in [1.29, 1.82) is 0 Å². The van der Waals surface area contributed by atoms with Crippen LogP contribution in [0.25, 0.3) is 0 Å². The third kappa shape index (κ3) is 1.91. The Labute approximate surface area is 172 Å². The van der Waals surface area contributed by atoms with E-state index in [0.29, 0.717) is 22.3 Å². The fourth-order valence-electron chi connectivity index (χ4n) is 5.68. The van der Waals surface area contributed by atoms with Crippen molar-refractivity contribution < 1.29 is 14.3 Å². The monoisotopic (exact) mass is 553 g/mol. The van der Waals surface area contributed by atoms with Crippen LogP contribution in [0.1, 0.15) is 24.0 Å². The van der Waals surface area contributed by atoms with Crippen LogP contribution in [-0.4, -0.2) is 47.5 Å². The molecule has 1 spiro atoms. The first kappa shape index (κ1) is 17.3. The number of carbonyl (C=O) groups excluding carboxylic acids is 1. The number of piperidine rings is 1. The highest BCUT2D eigenvalue weighted by molar-refractivity contribution is 14.1. The summed E-state index contributed by atoms with van der Waals surface area (Å²) in [6.07, 6.45) is 2.39. The Bertz CT molecular complexity index is 724. The maximum Gasteiger partial charge on any atom is 0.175 e. The van der Waals surface area contributed by atoms with Crippen LogP contribution in [0.2, 0.25) is 0 Å². The van der Waals surface area contributed by atoms with Crippen molar-refractivity contribution in [2.45, 2.75) is 40.7 Å². The molecule has 1 aromatic rings. The van der Waals surface area contributed by atoms with E-state index in [9.17, 15) is 4.79 Å². The minimum absolute atomic E-state index is 0. The van der Waals surface area contributed by atoms with Gasteiger partial charge in [0.25, 0.3) is 0 Å². The molecule has 4 aliphatic rings. The Morgan fingerprint density at radius 2 is 2.17 bits per heavy atom. The predicted octanol–water partition coefficient (Wildman–Crippen LogP) is 2.96. The highest BCUT2D eigenvalue weighted by Gasteiger charge is 2.67. The van der Waals surface area contributed by atoms with E-state index < -0.39 is 0 Å². The summed E-state index contributed by atoms with van der Waals surface area (Å²) in [6, 6.07) is 4.70. The number of ketones is 1. The zero-order valence-electron chi connectivity index (χ0n) is 13.8. The maximum absolute atomic E-state index is 12.8. The second-order valence-corrected chi connectivity index (χ2v) is 8.98. The van der Waals surface area contributed by atoms with Gasteiger partial charge in [-0.3, -0.25) is 4.79 Å². The molecule has 6 heteroatoms. The molecule has 0 N–H and O–H groups in total. The fraction of sp³-hybridized carbons (Fsp3) is 0.611. The van der Waals surface area contributed by atoms with Gasteiger partial charge in [0.1, 0.15) is 0 Å². The van der Waals surface area contributed by atoms with Gasteiger partial charge in [0.15, 0.2) is 23.4 Å². The minimum Gasteiger partial charge on any atom is -0.493 e. The lowest BCUT2D eigenvalue weighted by Gasteiger charge is -2.58. The van der Waals surface area contributed by atoms with Crippen LogP contribution in [0.3, 0.4) is 0 Å². The summed E-state index contributed by atoms with van der Waals surface area (Å²) in [5.41, 5.74) is 2.52. The molecule has 1 saturated carbocycles. The van der Waals surface area contributed by atoms with Gasteiger partial charge in [-0.25, -0.2) is 0 Å². The first-order valence-corrected chi connectivity index (χ1v) is 9.56. The molecule has 5 atom stereocenters. The normalized spacial score (nSPS) is 38.9. The maximum atomic E-state index is 12.8. The van der Waals surface area contributed by atoms with Gasteiger partial charge in [-0.2, -0.15) is 0 Å². The van der Waals surface area contributed by atoms with E-state index in [-0.39, 0.29) is 41.3 Å². The van der Waals surface area contributed by atoms with Crippen LogP contribution in [0.15, 0.2) is 12.1 Å². The standard InChI is InChI=1S/C18H20INO3.HI/c1-20-6-5-18-14-9-3-4-13(22-2)16(14)23-17(18)12(21)8-10(19)15(18)11(20)7-9;/h3-4,10-11,15,17H,5-8H2,1-2H3;1H/t10?,11-,15+,17+,18-;/m1./s1. The van der Waals surface area contributed by atoms with Crippen molar-refractivity contribution in [2.75, 3.05) is 20.7 Å². The number of Topliss-reactive ketones (excluding diaryl/α,β-unsaturated/α-hetero) is 1. The van der Waals surface area contributed by atoms with E-state index in [1.54, 1.807) is 7.11 Å². The smallest absolute Gasteiger partial charge is 0.175 e. The summed E-state index contributed by atoms with van der Waals surface area (Å²) in [5.74, 6) is 2.39. The molecular weight excluding hydrogens is 532 g/mol. The van der Waals surface area contributed by atoms with Gasteiger partial charge in [-0.15, -0.1) is 24.0 Å². The van der Waals surface area contributed by atoms with Crippen molar-refractivity contribution in [1.82, 2.24) is 4.90 Å². The van der Waals surface area contributed by atoms with Crippen LogP contribution in [0.4, 0.5) is 0 Å². The molecule has 1 aromatic carbocycles. The Morgan fingerprint density at radius 1 is 1.38 bits per heavy atom. The third-order valence-corrected chi connectivity index (χ3v) is 7.77. The van der Waals surface area contributed by atoms with E-state index in [1.807, 2.05) is 6.07 Å². The molecule has 0 amide bonds. The molecule has 0 radical (unpaired) electrons. The van der Waals surface area contributed by atoms with Crippen molar-refractivity contribution in [2.24, 2.45) is 5.92 Å². The van der Waals surface area contributed by atoms with Crippen LogP contribution in [0, 0.1) is 5.92 Å². The number of nitrogens with zero attached hydrogens (tertiary/aromatic N) is 1. The van der Waals surface area contributed by atoms with Crippen molar-refractivity contribution in [3.05, 3.63) is 23.3 Å². The van der Waals surface area contributed by atoms with Crippen LogP contribution in [-0.2, 0) is 16.6 Å². The Balaban J connectivity index is 0.00000146. The number of methoxy groups -OCH3 is 1. The predicted molar refractivity (Wildman–Crippen MR) is 110 cm³/mol. The van der Waals surface area contributed by atoms with Crippen molar-refractivity contribution in [3.63, 3.8) is 0 Å². The topological polar surface area (TPSA) is 38.8 Å².